The maximum atomic E-state index is 13.0. The van der Waals surface area contributed by atoms with Gasteiger partial charge in [0.15, 0.2) is 23.3 Å². The highest BCUT2D eigenvalue weighted by molar-refractivity contribution is 9.09. The molecule has 10 heteroatoms. The van der Waals surface area contributed by atoms with Gasteiger partial charge in [0, 0.05) is 6.92 Å². The third kappa shape index (κ3) is 7.30. The Balaban J connectivity index is 1.61. The van der Waals surface area contributed by atoms with Gasteiger partial charge in [-0.3, -0.25) is 4.79 Å². The summed E-state index contributed by atoms with van der Waals surface area (Å²) in [7, 11) is 0. The molecule has 4 rings (SSSR count). The van der Waals surface area contributed by atoms with Crippen LogP contribution in [0.4, 0.5) is 0 Å². The van der Waals surface area contributed by atoms with E-state index in [1.165, 1.54) is 6.92 Å². The number of halogens is 1. The first kappa shape index (κ1) is 28.0. The van der Waals surface area contributed by atoms with Gasteiger partial charge in [-0.15, -0.1) is 0 Å². The average Bonchev–Trinajstić information content (AvgIpc) is 2.96. The molecule has 202 valence electrons. The Morgan fingerprint density at radius 2 is 1.08 bits per heavy atom. The van der Waals surface area contributed by atoms with E-state index >= 15 is 0 Å². The molecule has 0 bridgehead atoms. The molecule has 0 aliphatic carbocycles. The maximum Gasteiger partial charge on any atom is 0.338 e. The summed E-state index contributed by atoms with van der Waals surface area (Å²) in [5.74, 6) is -2.77. The zero-order chi connectivity index (χ0) is 27.8. The van der Waals surface area contributed by atoms with Crippen molar-refractivity contribution in [2.24, 2.45) is 0 Å². The predicted molar refractivity (Wildman–Crippen MR) is 141 cm³/mol. The fourth-order valence-electron chi connectivity index (χ4n) is 3.94. The normalized spacial score (nSPS) is 22.3. The van der Waals surface area contributed by atoms with Crippen molar-refractivity contribution in [3.05, 3.63) is 108 Å². The summed E-state index contributed by atoms with van der Waals surface area (Å²) in [5, 5.41) is -0.999. The fourth-order valence-corrected chi connectivity index (χ4v) is 4.63. The summed E-state index contributed by atoms with van der Waals surface area (Å²) in [5.41, 5.74) is 0.807. The molecule has 0 N–H and O–H groups in total. The average molecular weight is 597 g/mol. The Morgan fingerprint density at radius 3 is 1.54 bits per heavy atom. The third-order valence-electron chi connectivity index (χ3n) is 5.77. The lowest BCUT2D eigenvalue weighted by molar-refractivity contribution is -0.218. The van der Waals surface area contributed by atoms with Crippen LogP contribution in [-0.4, -0.2) is 59.9 Å². The summed E-state index contributed by atoms with van der Waals surface area (Å²) < 4.78 is 28.4. The number of alkyl halides is 1. The van der Waals surface area contributed by atoms with Gasteiger partial charge in [0.05, 0.1) is 16.7 Å². The highest BCUT2D eigenvalue weighted by Gasteiger charge is 2.52. The molecule has 0 radical (unpaired) electrons. The number of carbonyl (C=O) groups excluding carboxylic acids is 4. The van der Waals surface area contributed by atoms with Gasteiger partial charge in [-0.1, -0.05) is 70.5 Å². The van der Waals surface area contributed by atoms with Gasteiger partial charge in [0.25, 0.3) is 0 Å². The van der Waals surface area contributed by atoms with Crippen molar-refractivity contribution in [2.45, 2.75) is 36.4 Å². The van der Waals surface area contributed by atoms with Crippen LogP contribution in [0.2, 0.25) is 0 Å². The van der Waals surface area contributed by atoms with Gasteiger partial charge in [0.1, 0.15) is 12.7 Å². The summed E-state index contributed by atoms with van der Waals surface area (Å²) in [4.78, 5) is 50.6. The van der Waals surface area contributed by atoms with E-state index in [0.717, 1.165) is 0 Å². The lowest BCUT2D eigenvalue weighted by atomic mass is 9.99. The Labute approximate surface area is 233 Å². The number of rotatable bonds is 8. The maximum absolute atomic E-state index is 13.0. The highest BCUT2D eigenvalue weighted by Crippen LogP contribution is 2.32. The van der Waals surface area contributed by atoms with E-state index in [1.54, 1.807) is 91.0 Å². The van der Waals surface area contributed by atoms with Crippen LogP contribution >= 0.6 is 15.9 Å². The number of benzene rings is 3. The minimum Gasteiger partial charge on any atom is -0.459 e. The summed E-state index contributed by atoms with van der Waals surface area (Å²) in [6, 6.07) is 24.7. The molecule has 9 nitrogen and oxygen atoms in total. The van der Waals surface area contributed by atoms with Crippen LogP contribution in [-0.2, 0) is 28.5 Å². The smallest absolute Gasteiger partial charge is 0.338 e. The molecule has 1 aliphatic rings. The molecule has 0 saturated carbocycles. The summed E-state index contributed by atoms with van der Waals surface area (Å²) >= 11 is 3.35. The van der Waals surface area contributed by atoms with Crippen LogP contribution in [0.5, 0.6) is 0 Å². The molecule has 0 spiro atoms. The Bertz CT molecular complexity index is 1280. The quantitative estimate of drug-likeness (QED) is 0.213. The van der Waals surface area contributed by atoms with Crippen LogP contribution in [0.3, 0.4) is 0 Å². The first-order valence-electron chi connectivity index (χ1n) is 12.0. The predicted octanol–water partition coefficient (Wildman–Crippen LogP) is 4.35. The van der Waals surface area contributed by atoms with Crippen molar-refractivity contribution in [1.82, 2.24) is 0 Å². The van der Waals surface area contributed by atoms with Crippen LogP contribution in [0.25, 0.3) is 0 Å². The number of hydrogen-bond donors (Lipinski definition) is 0. The van der Waals surface area contributed by atoms with E-state index in [1.807, 2.05) is 0 Å². The lowest BCUT2D eigenvalue weighted by Crippen LogP contribution is -2.61. The van der Waals surface area contributed by atoms with Crippen molar-refractivity contribution < 1.29 is 42.9 Å². The van der Waals surface area contributed by atoms with E-state index in [2.05, 4.69) is 15.9 Å². The molecule has 1 aliphatic heterocycles. The second-order valence-corrected chi connectivity index (χ2v) is 9.44. The monoisotopic (exact) mass is 596 g/mol. The molecule has 0 unspecified atom stereocenters. The number of esters is 4. The lowest BCUT2D eigenvalue weighted by Gasteiger charge is -2.42. The van der Waals surface area contributed by atoms with Crippen molar-refractivity contribution in [3.8, 4) is 0 Å². The first-order chi connectivity index (χ1) is 18.8. The topological polar surface area (TPSA) is 114 Å². The second-order valence-electron chi connectivity index (χ2n) is 8.54. The van der Waals surface area contributed by atoms with E-state index in [-0.39, 0.29) is 17.7 Å². The van der Waals surface area contributed by atoms with Gasteiger partial charge in [-0.2, -0.15) is 0 Å². The number of hydrogen-bond acceptors (Lipinski definition) is 9. The van der Waals surface area contributed by atoms with E-state index < -0.39 is 53.3 Å². The van der Waals surface area contributed by atoms with Crippen LogP contribution < -0.4 is 0 Å². The Kier molecular flexibility index (Phi) is 9.45. The van der Waals surface area contributed by atoms with Gasteiger partial charge in [-0.25, -0.2) is 14.4 Å². The van der Waals surface area contributed by atoms with Crippen LogP contribution in [0.1, 0.15) is 38.0 Å². The molecule has 1 fully saturated rings. The number of carbonyl (C=O) groups is 4. The van der Waals surface area contributed by atoms with E-state index in [0.29, 0.717) is 5.56 Å². The second kappa shape index (κ2) is 13.2. The van der Waals surface area contributed by atoms with Gasteiger partial charge in [-0.05, 0) is 36.4 Å². The van der Waals surface area contributed by atoms with Gasteiger partial charge in [0.2, 0.25) is 0 Å². The molecule has 0 amide bonds. The minimum atomic E-state index is -1.30. The highest BCUT2D eigenvalue weighted by atomic mass is 79.9. The standard InChI is InChI=1S/C29H25BrO9/c1-18(31)36-24-23(38-28(33)20-13-7-3-8-14-20)22(17-35-27(32)19-11-5-2-6-12-19)37-26(30)25(24)39-29(34)21-15-9-4-10-16-21/h2-16,22-26H,17H2,1H3/t22-,23+,24+,25-,26+/m1/s1. The SMILES string of the molecule is CC(=O)O[C@@H]1[C@@H](OC(=O)c2ccccc2)[C@@H](Br)O[C@H](COC(=O)c2ccccc2)[C@@H]1OC(=O)c1ccccc1. The molecular formula is C29H25BrO9. The van der Waals surface area contributed by atoms with Crippen molar-refractivity contribution >= 4 is 39.8 Å². The van der Waals surface area contributed by atoms with E-state index in [4.69, 9.17) is 23.7 Å². The first-order valence-corrected chi connectivity index (χ1v) is 13.0. The van der Waals surface area contributed by atoms with Crippen molar-refractivity contribution in [2.75, 3.05) is 6.61 Å². The zero-order valence-corrected chi connectivity index (χ0v) is 22.4. The third-order valence-corrected chi connectivity index (χ3v) is 6.51. The molecule has 0 aromatic heterocycles. The molecule has 3 aromatic carbocycles. The summed E-state index contributed by atoms with van der Waals surface area (Å²) in [6.07, 6.45) is -4.88. The van der Waals surface area contributed by atoms with Crippen molar-refractivity contribution in [3.63, 3.8) is 0 Å². The molecule has 3 aromatic rings. The molecular weight excluding hydrogens is 572 g/mol. The van der Waals surface area contributed by atoms with Crippen molar-refractivity contribution in [1.29, 1.82) is 0 Å². The van der Waals surface area contributed by atoms with Gasteiger partial charge >= 0.3 is 23.9 Å². The van der Waals surface area contributed by atoms with Gasteiger partial charge < -0.3 is 23.7 Å². The summed E-state index contributed by atoms with van der Waals surface area (Å²) in [6.45, 7) is 0.828. The van der Waals surface area contributed by atoms with Crippen LogP contribution in [0.15, 0.2) is 91.0 Å². The molecule has 1 heterocycles. The molecule has 5 atom stereocenters. The fraction of sp³-hybridized carbons (Fsp3) is 0.241. The minimum absolute atomic E-state index is 0.234. The van der Waals surface area contributed by atoms with E-state index in [9.17, 15) is 19.2 Å². The molecule has 39 heavy (non-hydrogen) atoms. The van der Waals surface area contributed by atoms with Crippen LogP contribution in [0, 0.1) is 0 Å². The zero-order valence-electron chi connectivity index (χ0n) is 20.8. The number of ether oxygens (including phenoxy) is 5. The molecule has 1 saturated heterocycles. The Morgan fingerprint density at radius 1 is 0.641 bits per heavy atom. The Hall–Kier alpha value is -4.02. The largest absolute Gasteiger partial charge is 0.459 e.